The molecule has 3 aromatic rings. The molecule has 33 heavy (non-hydrogen) atoms. The number of carbonyl (C=O) groups is 1. The van der Waals surface area contributed by atoms with Crippen molar-refractivity contribution in [1.82, 2.24) is 4.57 Å². The average Bonchev–Trinajstić information content (AvgIpc) is 3.10. The van der Waals surface area contributed by atoms with E-state index in [4.69, 9.17) is 21.1 Å². The van der Waals surface area contributed by atoms with Gasteiger partial charge in [-0.25, -0.2) is 14.2 Å². The van der Waals surface area contributed by atoms with Crippen molar-refractivity contribution in [2.45, 2.75) is 19.9 Å². The average molecular weight is 487 g/mol. The van der Waals surface area contributed by atoms with E-state index in [9.17, 15) is 14.0 Å². The Kier molecular flexibility index (Phi) is 6.49. The third-order valence-electron chi connectivity index (χ3n) is 5.22. The standard InChI is InChI=1S/C24H20ClFN2O4S/c1-4-32-23(30)20-13(2)27-24-28(21(20)14-8-10-15(31-3)11-9-14)22(29)19(33-24)12-16-17(25)6-5-7-18(16)26/h5-12,21H,4H2,1-3H3/t21-/m1/s1. The van der Waals surface area contributed by atoms with Gasteiger partial charge in [-0.1, -0.05) is 41.1 Å². The maximum atomic E-state index is 14.4. The quantitative estimate of drug-likeness (QED) is 0.517. The van der Waals surface area contributed by atoms with Crippen molar-refractivity contribution in [3.63, 3.8) is 0 Å². The van der Waals surface area contributed by atoms with E-state index in [-0.39, 0.29) is 27.3 Å². The van der Waals surface area contributed by atoms with Gasteiger partial charge in [0.1, 0.15) is 11.6 Å². The van der Waals surface area contributed by atoms with Crippen LogP contribution in [-0.4, -0.2) is 24.3 Å². The molecule has 1 aliphatic rings. The predicted octanol–water partition coefficient (Wildman–Crippen LogP) is 3.60. The summed E-state index contributed by atoms with van der Waals surface area (Å²) in [6.45, 7) is 3.60. The van der Waals surface area contributed by atoms with Crippen LogP contribution >= 0.6 is 22.9 Å². The molecule has 1 aromatic heterocycles. The topological polar surface area (TPSA) is 69.9 Å². The number of fused-ring (bicyclic) bond motifs is 1. The molecule has 0 saturated heterocycles. The molecule has 9 heteroatoms. The lowest BCUT2D eigenvalue weighted by Crippen LogP contribution is -2.39. The first-order chi connectivity index (χ1) is 15.8. The molecule has 0 bridgehead atoms. The zero-order valence-corrected chi connectivity index (χ0v) is 19.7. The van der Waals surface area contributed by atoms with Gasteiger partial charge in [0.15, 0.2) is 4.80 Å². The fourth-order valence-corrected chi connectivity index (χ4v) is 4.92. The molecule has 6 nitrogen and oxygen atoms in total. The summed E-state index contributed by atoms with van der Waals surface area (Å²) in [7, 11) is 1.56. The van der Waals surface area contributed by atoms with Crippen molar-refractivity contribution >= 4 is 35.0 Å². The van der Waals surface area contributed by atoms with Crippen LogP contribution < -0.4 is 19.6 Å². The number of hydrogen-bond donors (Lipinski definition) is 0. The van der Waals surface area contributed by atoms with E-state index in [1.165, 1.54) is 22.8 Å². The van der Waals surface area contributed by atoms with Crippen LogP contribution in [0.4, 0.5) is 4.39 Å². The number of ether oxygens (including phenoxy) is 2. The van der Waals surface area contributed by atoms with Gasteiger partial charge in [-0.2, -0.15) is 0 Å². The van der Waals surface area contributed by atoms with E-state index in [2.05, 4.69) is 4.99 Å². The third kappa shape index (κ3) is 4.24. The number of aromatic nitrogens is 1. The monoisotopic (exact) mass is 486 g/mol. The highest BCUT2D eigenvalue weighted by molar-refractivity contribution is 7.07. The number of methoxy groups -OCH3 is 1. The van der Waals surface area contributed by atoms with Gasteiger partial charge in [0.05, 0.1) is 40.6 Å². The van der Waals surface area contributed by atoms with Crippen LogP contribution in [-0.2, 0) is 9.53 Å². The van der Waals surface area contributed by atoms with E-state index < -0.39 is 23.4 Å². The van der Waals surface area contributed by atoms with Crippen LogP contribution in [0.25, 0.3) is 6.08 Å². The maximum absolute atomic E-state index is 14.4. The van der Waals surface area contributed by atoms with Crippen LogP contribution in [0, 0.1) is 5.82 Å². The van der Waals surface area contributed by atoms with Gasteiger partial charge in [-0.3, -0.25) is 9.36 Å². The summed E-state index contributed by atoms with van der Waals surface area (Å²) in [6.07, 6.45) is 1.41. The summed E-state index contributed by atoms with van der Waals surface area (Å²) in [5.41, 5.74) is 1.11. The van der Waals surface area contributed by atoms with Crippen molar-refractivity contribution < 1.29 is 18.7 Å². The Labute approximate surface area is 197 Å². The van der Waals surface area contributed by atoms with Gasteiger partial charge >= 0.3 is 5.97 Å². The summed E-state index contributed by atoms with van der Waals surface area (Å²) in [5.74, 6) is -0.451. The summed E-state index contributed by atoms with van der Waals surface area (Å²) < 4.78 is 26.5. The van der Waals surface area contributed by atoms with Gasteiger partial charge in [0.25, 0.3) is 5.56 Å². The molecule has 0 saturated carbocycles. The molecule has 0 radical (unpaired) electrons. The molecule has 2 aromatic carbocycles. The van der Waals surface area contributed by atoms with Gasteiger partial charge in [0.2, 0.25) is 0 Å². The summed E-state index contributed by atoms with van der Waals surface area (Å²) in [4.78, 5) is 31.3. The van der Waals surface area contributed by atoms with Crippen LogP contribution in [0.2, 0.25) is 5.02 Å². The SMILES string of the molecule is CCOC(=O)C1=C(C)N=c2sc(=Cc3c(F)cccc3Cl)c(=O)n2[C@@H]1c1ccc(OC)cc1. The van der Waals surface area contributed by atoms with Crippen LogP contribution in [0.3, 0.4) is 0 Å². The molecule has 0 N–H and O–H groups in total. The molecule has 1 atom stereocenters. The second-order valence-corrected chi connectivity index (χ2v) is 8.63. The minimum Gasteiger partial charge on any atom is -0.497 e. The Morgan fingerprint density at radius 1 is 1.27 bits per heavy atom. The lowest BCUT2D eigenvalue weighted by molar-refractivity contribution is -0.139. The molecule has 1 aliphatic heterocycles. The van der Waals surface area contributed by atoms with Crippen molar-refractivity contribution in [1.29, 1.82) is 0 Å². The number of nitrogens with zero attached hydrogens (tertiary/aromatic N) is 2. The lowest BCUT2D eigenvalue weighted by atomic mass is 9.96. The second-order valence-electron chi connectivity index (χ2n) is 7.21. The van der Waals surface area contributed by atoms with E-state index in [0.29, 0.717) is 21.8 Å². The molecule has 4 rings (SSSR count). The molecular formula is C24H20ClFN2O4S. The van der Waals surface area contributed by atoms with Gasteiger partial charge in [-0.05, 0) is 49.8 Å². The predicted molar refractivity (Wildman–Crippen MR) is 125 cm³/mol. The number of halogens is 2. The fraction of sp³-hybridized carbons (Fsp3) is 0.208. The van der Waals surface area contributed by atoms with Crippen LogP contribution in [0.5, 0.6) is 5.75 Å². The number of rotatable bonds is 5. The number of allylic oxidation sites excluding steroid dienone is 1. The highest BCUT2D eigenvalue weighted by Crippen LogP contribution is 2.31. The zero-order valence-electron chi connectivity index (χ0n) is 18.1. The minimum atomic E-state index is -0.760. The number of benzene rings is 2. The van der Waals surface area contributed by atoms with E-state index in [0.717, 1.165) is 11.3 Å². The van der Waals surface area contributed by atoms with Crippen molar-refractivity contribution in [3.8, 4) is 5.75 Å². The fourth-order valence-electron chi connectivity index (χ4n) is 3.67. The molecule has 0 fully saturated rings. The highest BCUT2D eigenvalue weighted by atomic mass is 35.5. The lowest BCUT2D eigenvalue weighted by Gasteiger charge is -2.24. The molecular weight excluding hydrogens is 467 g/mol. The van der Waals surface area contributed by atoms with Gasteiger partial charge in [0, 0.05) is 5.56 Å². The minimum absolute atomic E-state index is 0.117. The van der Waals surface area contributed by atoms with Gasteiger partial charge < -0.3 is 9.47 Å². The number of hydrogen-bond acceptors (Lipinski definition) is 6. The highest BCUT2D eigenvalue weighted by Gasteiger charge is 2.33. The zero-order chi connectivity index (χ0) is 23.7. The summed E-state index contributed by atoms with van der Waals surface area (Å²) in [6, 6.07) is 10.6. The van der Waals surface area contributed by atoms with E-state index in [1.54, 1.807) is 51.3 Å². The molecule has 2 heterocycles. The summed E-state index contributed by atoms with van der Waals surface area (Å²) in [5, 5.41) is 0.191. The van der Waals surface area contributed by atoms with Crippen LogP contribution in [0.1, 0.15) is 31.0 Å². The first-order valence-corrected chi connectivity index (χ1v) is 11.3. The Morgan fingerprint density at radius 3 is 2.64 bits per heavy atom. The molecule has 170 valence electrons. The molecule has 0 amide bonds. The second kappa shape index (κ2) is 9.33. The first-order valence-electron chi connectivity index (χ1n) is 10.1. The first kappa shape index (κ1) is 22.9. The van der Waals surface area contributed by atoms with Crippen molar-refractivity contribution in [3.05, 3.63) is 95.4 Å². The van der Waals surface area contributed by atoms with Crippen molar-refractivity contribution in [2.75, 3.05) is 13.7 Å². The molecule has 0 unspecified atom stereocenters. The van der Waals surface area contributed by atoms with E-state index >= 15 is 0 Å². The smallest absolute Gasteiger partial charge is 0.338 e. The number of carbonyl (C=O) groups excluding carboxylic acids is 1. The molecule has 0 aliphatic carbocycles. The summed E-state index contributed by atoms with van der Waals surface area (Å²) >= 11 is 7.26. The Bertz CT molecular complexity index is 1420. The Balaban J connectivity index is 1.97. The van der Waals surface area contributed by atoms with Crippen molar-refractivity contribution in [2.24, 2.45) is 4.99 Å². The normalized spacial score (nSPS) is 15.8. The van der Waals surface area contributed by atoms with E-state index in [1.807, 2.05) is 0 Å². The molecule has 0 spiro atoms. The Morgan fingerprint density at radius 2 is 2.00 bits per heavy atom. The van der Waals surface area contributed by atoms with Gasteiger partial charge in [-0.15, -0.1) is 0 Å². The Hall–Kier alpha value is -3.23. The largest absolute Gasteiger partial charge is 0.497 e. The number of esters is 1. The number of thiazole rings is 1. The maximum Gasteiger partial charge on any atom is 0.338 e. The third-order valence-corrected chi connectivity index (χ3v) is 6.54. The van der Waals surface area contributed by atoms with Crippen LogP contribution in [0.15, 0.2) is 63.5 Å².